The zero-order valence-electron chi connectivity index (χ0n) is 17.7. The molecule has 3 aromatic carbocycles. The molecule has 1 amide bonds. The minimum Gasteiger partial charge on any atom is -0.452 e. The molecule has 0 unspecified atom stereocenters. The van der Waals surface area contributed by atoms with Gasteiger partial charge in [0.1, 0.15) is 0 Å². The Bertz CT molecular complexity index is 1060. The summed E-state index contributed by atoms with van der Waals surface area (Å²) in [7, 11) is 0. The molecule has 0 aliphatic carbocycles. The van der Waals surface area contributed by atoms with E-state index in [1.807, 2.05) is 56.3 Å². The number of esters is 1. The average Bonchev–Trinajstić information content (AvgIpc) is 2.81. The van der Waals surface area contributed by atoms with Crippen molar-refractivity contribution >= 4 is 17.7 Å². The van der Waals surface area contributed by atoms with Gasteiger partial charge in [-0.1, -0.05) is 78.4 Å². The van der Waals surface area contributed by atoms with E-state index >= 15 is 0 Å². The van der Waals surface area contributed by atoms with Crippen LogP contribution in [0.1, 0.15) is 44.3 Å². The van der Waals surface area contributed by atoms with Gasteiger partial charge in [0.25, 0.3) is 5.91 Å². The molecule has 3 aromatic rings. The second-order valence-electron chi connectivity index (χ2n) is 7.21. The van der Waals surface area contributed by atoms with Gasteiger partial charge >= 0.3 is 5.97 Å². The van der Waals surface area contributed by atoms with Crippen molar-refractivity contribution in [3.63, 3.8) is 0 Å². The summed E-state index contributed by atoms with van der Waals surface area (Å²) < 4.78 is 5.27. The van der Waals surface area contributed by atoms with Gasteiger partial charge in [-0.05, 0) is 25.5 Å². The Kier molecular flexibility index (Phi) is 7.33. The van der Waals surface area contributed by atoms with Gasteiger partial charge in [-0.15, -0.1) is 0 Å². The van der Waals surface area contributed by atoms with Gasteiger partial charge in [-0.2, -0.15) is 0 Å². The number of amides is 1. The maximum atomic E-state index is 12.9. The number of rotatable bonds is 8. The van der Waals surface area contributed by atoms with Crippen molar-refractivity contribution < 1.29 is 19.1 Å². The molecule has 0 aliphatic rings. The summed E-state index contributed by atoms with van der Waals surface area (Å²) in [6.07, 6.45) is 0. The highest BCUT2D eigenvalue weighted by atomic mass is 16.5. The molecule has 0 aliphatic heterocycles. The number of likely N-dealkylation sites (N-methyl/N-ethyl adjacent to an activating group) is 1. The monoisotopic (exact) mass is 415 g/mol. The Labute approximate surface area is 182 Å². The normalized spacial score (nSPS) is 10.4. The first kappa shape index (κ1) is 22.0. The Morgan fingerprint density at radius 3 is 2.06 bits per heavy atom. The molecule has 5 nitrogen and oxygen atoms in total. The van der Waals surface area contributed by atoms with Gasteiger partial charge in [0.2, 0.25) is 0 Å². The van der Waals surface area contributed by atoms with Crippen LogP contribution < -0.4 is 0 Å². The van der Waals surface area contributed by atoms with Crippen molar-refractivity contribution in [2.24, 2.45) is 0 Å². The Morgan fingerprint density at radius 1 is 0.806 bits per heavy atom. The van der Waals surface area contributed by atoms with Gasteiger partial charge in [0.05, 0.1) is 5.56 Å². The summed E-state index contributed by atoms with van der Waals surface area (Å²) in [5.74, 6) is -1.25. The largest absolute Gasteiger partial charge is 0.452 e. The summed E-state index contributed by atoms with van der Waals surface area (Å²) in [5, 5.41) is 0. The highest BCUT2D eigenvalue weighted by Crippen LogP contribution is 2.17. The molecule has 0 heterocycles. The topological polar surface area (TPSA) is 63.7 Å². The Morgan fingerprint density at radius 2 is 1.42 bits per heavy atom. The SMILES string of the molecule is CCN(Cc1ccccc1)C(=O)COC(=O)c1ccccc1C(=O)c1ccc(C)cc1. The number of hydrogen-bond acceptors (Lipinski definition) is 4. The summed E-state index contributed by atoms with van der Waals surface area (Å²) in [6.45, 7) is 4.36. The summed E-state index contributed by atoms with van der Waals surface area (Å²) in [5.41, 5.74) is 2.92. The molecule has 5 heteroatoms. The number of benzene rings is 3. The molecule has 0 saturated heterocycles. The zero-order valence-corrected chi connectivity index (χ0v) is 17.7. The van der Waals surface area contributed by atoms with Gasteiger partial charge in [0, 0.05) is 24.2 Å². The van der Waals surface area contributed by atoms with E-state index in [1.165, 1.54) is 6.07 Å². The predicted octanol–water partition coefficient (Wildman–Crippen LogP) is 4.43. The molecule has 31 heavy (non-hydrogen) atoms. The number of nitrogens with zero attached hydrogens (tertiary/aromatic N) is 1. The van der Waals surface area contributed by atoms with Crippen molar-refractivity contribution in [1.82, 2.24) is 4.90 Å². The lowest BCUT2D eigenvalue weighted by atomic mass is 9.98. The molecule has 0 radical (unpaired) electrons. The van der Waals surface area contributed by atoms with Crippen LogP contribution in [0.3, 0.4) is 0 Å². The van der Waals surface area contributed by atoms with Crippen LogP contribution in [0.5, 0.6) is 0 Å². The minimum absolute atomic E-state index is 0.145. The highest BCUT2D eigenvalue weighted by molar-refractivity contribution is 6.14. The Hall–Kier alpha value is -3.73. The van der Waals surface area contributed by atoms with Crippen LogP contribution >= 0.6 is 0 Å². The van der Waals surface area contributed by atoms with Crippen molar-refractivity contribution in [2.45, 2.75) is 20.4 Å². The molecule has 0 N–H and O–H groups in total. The standard InChI is InChI=1S/C26H25NO4/c1-3-27(17-20-9-5-4-6-10-20)24(28)18-31-26(30)23-12-8-7-11-22(23)25(29)21-15-13-19(2)14-16-21/h4-16H,3,17-18H2,1-2H3. The van der Waals surface area contributed by atoms with E-state index in [4.69, 9.17) is 4.74 Å². The number of ether oxygens (including phenoxy) is 1. The average molecular weight is 415 g/mol. The van der Waals surface area contributed by atoms with Gasteiger partial charge < -0.3 is 9.64 Å². The fourth-order valence-corrected chi connectivity index (χ4v) is 3.20. The van der Waals surface area contributed by atoms with E-state index in [1.54, 1.807) is 35.2 Å². The molecule has 0 bridgehead atoms. The first-order valence-corrected chi connectivity index (χ1v) is 10.2. The van der Waals surface area contributed by atoms with Gasteiger partial charge in [0.15, 0.2) is 12.4 Å². The second-order valence-corrected chi connectivity index (χ2v) is 7.21. The van der Waals surface area contributed by atoms with E-state index in [-0.39, 0.29) is 29.4 Å². The molecule has 3 rings (SSSR count). The number of carbonyl (C=O) groups excluding carboxylic acids is 3. The smallest absolute Gasteiger partial charge is 0.339 e. The fourth-order valence-electron chi connectivity index (χ4n) is 3.20. The maximum Gasteiger partial charge on any atom is 0.339 e. The van der Waals surface area contributed by atoms with E-state index in [0.29, 0.717) is 18.7 Å². The predicted molar refractivity (Wildman–Crippen MR) is 119 cm³/mol. The lowest BCUT2D eigenvalue weighted by Gasteiger charge is -2.21. The number of carbonyl (C=O) groups is 3. The van der Waals surface area contributed by atoms with Crippen LogP contribution in [0.25, 0.3) is 0 Å². The third-order valence-corrected chi connectivity index (χ3v) is 4.98. The fraction of sp³-hybridized carbons (Fsp3) is 0.192. The molecular weight excluding hydrogens is 390 g/mol. The highest BCUT2D eigenvalue weighted by Gasteiger charge is 2.21. The van der Waals surface area contributed by atoms with Gasteiger partial charge in [-0.25, -0.2) is 4.79 Å². The second kappa shape index (κ2) is 10.3. The number of hydrogen-bond donors (Lipinski definition) is 0. The van der Waals surface area contributed by atoms with Gasteiger partial charge in [-0.3, -0.25) is 9.59 Å². The van der Waals surface area contributed by atoms with E-state index in [9.17, 15) is 14.4 Å². The first-order chi connectivity index (χ1) is 15.0. The van der Waals surface area contributed by atoms with Crippen LogP contribution in [0.15, 0.2) is 78.9 Å². The lowest BCUT2D eigenvalue weighted by molar-refractivity contribution is -0.134. The maximum absolute atomic E-state index is 12.9. The number of ketones is 1. The Balaban J connectivity index is 1.68. The van der Waals surface area contributed by atoms with Crippen LogP contribution in [-0.2, 0) is 16.1 Å². The van der Waals surface area contributed by atoms with Crippen LogP contribution in [0.2, 0.25) is 0 Å². The molecule has 0 spiro atoms. The molecule has 0 saturated carbocycles. The molecule has 0 fully saturated rings. The van der Waals surface area contributed by atoms with Crippen LogP contribution in [-0.4, -0.2) is 35.7 Å². The number of aryl methyl sites for hydroxylation is 1. The van der Waals surface area contributed by atoms with Crippen molar-refractivity contribution in [2.75, 3.05) is 13.2 Å². The molecule has 158 valence electrons. The molecule has 0 aromatic heterocycles. The lowest BCUT2D eigenvalue weighted by Crippen LogP contribution is -2.34. The zero-order chi connectivity index (χ0) is 22.2. The third kappa shape index (κ3) is 5.66. The summed E-state index contributed by atoms with van der Waals surface area (Å²) >= 11 is 0. The molecule has 0 atom stereocenters. The van der Waals surface area contributed by atoms with Crippen LogP contribution in [0.4, 0.5) is 0 Å². The summed E-state index contributed by atoms with van der Waals surface area (Å²) in [6, 6.07) is 23.3. The van der Waals surface area contributed by atoms with E-state index < -0.39 is 5.97 Å². The van der Waals surface area contributed by atoms with Crippen LogP contribution in [0, 0.1) is 6.92 Å². The summed E-state index contributed by atoms with van der Waals surface area (Å²) in [4.78, 5) is 39.8. The van der Waals surface area contributed by atoms with E-state index in [0.717, 1.165) is 11.1 Å². The van der Waals surface area contributed by atoms with Crippen molar-refractivity contribution in [3.8, 4) is 0 Å². The van der Waals surface area contributed by atoms with Crippen molar-refractivity contribution in [1.29, 1.82) is 0 Å². The minimum atomic E-state index is -0.694. The molecular formula is C26H25NO4. The van der Waals surface area contributed by atoms with E-state index in [2.05, 4.69) is 0 Å². The third-order valence-electron chi connectivity index (χ3n) is 4.98. The van der Waals surface area contributed by atoms with Crippen molar-refractivity contribution in [3.05, 3.63) is 107 Å². The quantitative estimate of drug-likeness (QED) is 0.403. The first-order valence-electron chi connectivity index (χ1n) is 10.2.